The monoisotopic (exact) mass is 458 g/mol. The lowest BCUT2D eigenvalue weighted by molar-refractivity contribution is 0.514. The third-order valence-corrected chi connectivity index (χ3v) is 6.82. The van der Waals surface area contributed by atoms with Crippen LogP contribution in [0, 0.1) is 5.41 Å². The molecule has 0 atom stereocenters. The van der Waals surface area contributed by atoms with E-state index in [0.717, 1.165) is 13.0 Å². The minimum absolute atomic E-state index is 0.0867. The Morgan fingerprint density at radius 3 is 2.23 bits per heavy atom. The molecule has 0 saturated heterocycles. The topological polar surface area (TPSA) is 19.0 Å². The summed E-state index contributed by atoms with van der Waals surface area (Å²) in [6, 6.07) is 32.7. The third kappa shape index (κ3) is 4.74. The van der Waals surface area contributed by atoms with Crippen molar-refractivity contribution in [1.82, 2.24) is 4.98 Å². The Kier molecular flexibility index (Phi) is 6.21. The Balaban J connectivity index is 1.63. The van der Waals surface area contributed by atoms with E-state index in [9.17, 15) is 0 Å². The molecule has 1 aliphatic heterocycles. The molecule has 2 nitrogen and oxygen atoms in total. The molecule has 0 aliphatic carbocycles. The smallest absolute Gasteiger partial charge is 0.0508 e. The van der Waals surface area contributed by atoms with Crippen LogP contribution in [0.25, 0.3) is 28.1 Å². The Morgan fingerprint density at radius 2 is 1.49 bits per heavy atom. The molecule has 1 aromatic heterocycles. The Bertz CT molecular complexity index is 1380. The maximum atomic E-state index is 3.62. The van der Waals surface area contributed by atoms with E-state index in [-0.39, 0.29) is 5.41 Å². The fraction of sp³-hybridized carbons (Fsp3) is 0.212. The molecule has 0 unspecified atom stereocenters. The van der Waals surface area contributed by atoms with Crippen molar-refractivity contribution in [2.24, 2.45) is 5.41 Å². The van der Waals surface area contributed by atoms with Crippen LogP contribution in [0.3, 0.4) is 0 Å². The first-order valence-corrected chi connectivity index (χ1v) is 12.6. The standard InChI is InChI=1S/C33H34N2/c1-5-28-18-19-30(34-28)29-16-9-10-17-31(29)35-21-20-27(33(2,3)4)23-32(35)26-15-11-14-25(22-26)24-12-7-6-8-13-24/h6-20,22-23,34H,5,21H2,1-4H3. The fourth-order valence-corrected chi connectivity index (χ4v) is 4.79. The van der Waals surface area contributed by atoms with Gasteiger partial charge < -0.3 is 9.88 Å². The molecule has 2 heteroatoms. The van der Waals surface area contributed by atoms with Gasteiger partial charge in [-0.05, 0) is 64.4 Å². The van der Waals surface area contributed by atoms with E-state index >= 15 is 0 Å². The molecule has 0 amide bonds. The number of rotatable bonds is 5. The Hall–Kier alpha value is -3.78. The van der Waals surface area contributed by atoms with Crippen molar-refractivity contribution >= 4 is 11.4 Å². The molecule has 0 radical (unpaired) electrons. The minimum atomic E-state index is 0.0867. The largest absolute Gasteiger partial charge is 0.358 e. The van der Waals surface area contributed by atoms with Crippen molar-refractivity contribution in [3.63, 3.8) is 0 Å². The number of aromatic nitrogens is 1. The summed E-state index contributed by atoms with van der Waals surface area (Å²) in [6.07, 6.45) is 5.77. The molecule has 2 heterocycles. The van der Waals surface area contributed by atoms with Crippen molar-refractivity contribution in [3.8, 4) is 22.4 Å². The van der Waals surface area contributed by atoms with Crippen molar-refractivity contribution in [2.45, 2.75) is 34.1 Å². The number of H-pyrrole nitrogens is 1. The highest BCUT2D eigenvalue weighted by Crippen LogP contribution is 2.40. The van der Waals surface area contributed by atoms with Crippen molar-refractivity contribution in [3.05, 3.63) is 120 Å². The van der Waals surface area contributed by atoms with E-state index in [1.54, 1.807) is 0 Å². The lowest BCUT2D eigenvalue weighted by atomic mass is 9.83. The van der Waals surface area contributed by atoms with Gasteiger partial charge in [-0.15, -0.1) is 0 Å². The number of allylic oxidation sites excluding steroid dienone is 2. The first kappa shape index (κ1) is 23.0. The number of nitrogens with zero attached hydrogens (tertiary/aromatic N) is 1. The van der Waals surface area contributed by atoms with Crippen LogP contribution in [-0.2, 0) is 6.42 Å². The average molecular weight is 459 g/mol. The summed E-state index contributed by atoms with van der Waals surface area (Å²) in [4.78, 5) is 6.07. The van der Waals surface area contributed by atoms with Gasteiger partial charge in [0, 0.05) is 29.2 Å². The molecule has 176 valence electrons. The predicted molar refractivity (Wildman–Crippen MR) is 150 cm³/mol. The third-order valence-electron chi connectivity index (χ3n) is 6.82. The number of para-hydroxylation sites is 1. The minimum Gasteiger partial charge on any atom is -0.358 e. The summed E-state index contributed by atoms with van der Waals surface area (Å²) in [7, 11) is 0. The lowest BCUT2D eigenvalue weighted by Gasteiger charge is -2.35. The van der Waals surface area contributed by atoms with Gasteiger partial charge in [-0.1, -0.05) is 101 Å². The second-order valence-electron chi connectivity index (χ2n) is 10.3. The van der Waals surface area contributed by atoms with Crippen LogP contribution < -0.4 is 4.90 Å². The zero-order chi connectivity index (χ0) is 24.4. The van der Waals surface area contributed by atoms with Crippen LogP contribution in [0.4, 0.5) is 5.69 Å². The molecule has 3 aromatic carbocycles. The predicted octanol–water partition coefficient (Wildman–Crippen LogP) is 8.74. The summed E-state index contributed by atoms with van der Waals surface area (Å²) in [5.74, 6) is 0. The van der Waals surface area contributed by atoms with Crippen molar-refractivity contribution in [1.29, 1.82) is 0 Å². The summed E-state index contributed by atoms with van der Waals surface area (Å²) in [6.45, 7) is 9.91. The van der Waals surface area contributed by atoms with Crippen LogP contribution in [-0.4, -0.2) is 11.5 Å². The molecular weight excluding hydrogens is 424 g/mol. The number of benzene rings is 3. The van der Waals surface area contributed by atoms with Crippen molar-refractivity contribution in [2.75, 3.05) is 11.4 Å². The van der Waals surface area contributed by atoms with Crippen LogP contribution in [0.5, 0.6) is 0 Å². The lowest BCUT2D eigenvalue weighted by Crippen LogP contribution is -2.27. The number of hydrogen-bond acceptors (Lipinski definition) is 1. The second kappa shape index (κ2) is 9.46. The van der Waals surface area contributed by atoms with Gasteiger partial charge in [0.15, 0.2) is 0 Å². The van der Waals surface area contributed by atoms with Crippen LogP contribution in [0.1, 0.15) is 39.0 Å². The fourth-order valence-electron chi connectivity index (χ4n) is 4.79. The number of hydrogen-bond donors (Lipinski definition) is 1. The number of anilines is 1. The zero-order valence-electron chi connectivity index (χ0n) is 21.2. The molecule has 0 saturated carbocycles. The molecule has 0 fully saturated rings. The summed E-state index contributed by atoms with van der Waals surface area (Å²) < 4.78 is 0. The maximum Gasteiger partial charge on any atom is 0.0508 e. The molecule has 35 heavy (non-hydrogen) atoms. The number of aromatic amines is 1. The Morgan fingerprint density at radius 1 is 0.771 bits per heavy atom. The van der Waals surface area contributed by atoms with E-state index in [2.05, 4.69) is 141 Å². The molecule has 0 bridgehead atoms. The molecule has 1 N–H and O–H groups in total. The molecule has 0 spiro atoms. The van der Waals surface area contributed by atoms with Gasteiger partial charge in [-0.25, -0.2) is 0 Å². The highest BCUT2D eigenvalue weighted by Gasteiger charge is 2.25. The quantitative estimate of drug-likeness (QED) is 0.317. The van der Waals surface area contributed by atoms with Crippen LogP contribution in [0.15, 0.2) is 109 Å². The van der Waals surface area contributed by atoms with Gasteiger partial charge in [-0.3, -0.25) is 0 Å². The van der Waals surface area contributed by atoms with E-state index in [1.807, 2.05) is 0 Å². The SMILES string of the molecule is CCc1ccc(-c2ccccc2N2CC=C(C(C)(C)C)C=C2c2cccc(-c3ccccc3)c2)[nH]1. The average Bonchev–Trinajstić information content (AvgIpc) is 3.38. The van der Waals surface area contributed by atoms with Gasteiger partial charge >= 0.3 is 0 Å². The maximum absolute atomic E-state index is 3.62. The van der Waals surface area contributed by atoms with Crippen LogP contribution >= 0.6 is 0 Å². The summed E-state index contributed by atoms with van der Waals surface area (Å²) in [5.41, 5.74) is 11.3. The first-order valence-electron chi connectivity index (χ1n) is 12.6. The van der Waals surface area contributed by atoms with E-state index in [0.29, 0.717) is 0 Å². The molecule has 1 aliphatic rings. The van der Waals surface area contributed by atoms with E-state index in [1.165, 1.54) is 50.6 Å². The second-order valence-corrected chi connectivity index (χ2v) is 10.3. The van der Waals surface area contributed by atoms with Gasteiger partial charge in [0.1, 0.15) is 0 Å². The summed E-state index contributed by atoms with van der Waals surface area (Å²) in [5, 5.41) is 0. The molecule has 5 rings (SSSR count). The van der Waals surface area contributed by atoms with E-state index in [4.69, 9.17) is 0 Å². The number of aryl methyl sites for hydroxylation is 1. The summed E-state index contributed by atoms with van der Waals surface area (Å²) >= 11 is 0. The normalized spacial score (nSPS) is 14.0. The van der Waals surface area contributed by atoms with Crippen LogP contribution in [0.2, 0.25) is 0 Å². The molecular formula is C33H34N2. The first-order chi connectivity index (χ1) is 16.9. The van der Waals surface area contributed by atoms with Gasteiger partial charge in [0.25, 0.3) is 0 Å². The van der Waals surface area contributed by atoms with Gasteiger partial charge in [0.2, 0.25) is 0 Å². The van der Waals surface area contributed by atoms with Gasteiger partial charge in [0.05, 0.1) is 5.69 Å². The number of nitrogens with one attached hydrogen (secondary N) is 1. The highest BCUT2D eigenvalue weighted by molar-refractivity contribution is 5.90. The Labute approximate surface area is 209 Å². The highest BCUT2D eigenvalue weighted by atomic mass is 15.1. The van der Waals surface area contributed by atoms with Gasteiger partial charge in [-0.2, -0.15) is 0 Å². The molecule has 4 aromatic rings. The zero-order valence-corrected chi connectivity index (χ0v) is 21.2. The van der Waals surface area contributed by atoms with Crippen molar-refractivity contribution < 1.29 is 0 Å². The van der Waals surface area contributed by atoms with E-state index < -0.39 is 0 Å².